The third-order valence-electron chi connectivity index (χ3n) is 4.37. The molecule has 0 radical (unpaired) electrons. The molecular weight excluding hydrogens is 274 g/mol. The zero-order valence-electron chi connectivity index (χ0n) is 11.7. The number of benzene rings is 1. The molecule has 2 unspecified atom stereocenters. The number of carbonyl (C=O) groups excluding carboxylic acids is 1. The molecule has 108 valence electrons. The van der Waals surface area contributed by atoms with Gasteiger partial charge in [0.2, 0.25) is 0 Å². The maximum Gasteiger partial charge on any atom is 0.251 e. The third kappa shape index (κ3) is 2.45. The molecule has 1 saturated heterocycles. The second-order valence-corrected chi connectivity index (χ2v) is 6.34. The SMILES string of the molecule is CC1(C(Cl)c2ccc3c(c2)C(=O)NCCC3)CCCO1. The summed E-state index contributed by atoms with van der Waals surface area (Å²) in [6.07, 6.45) is 3.94. The van der Waals surface area contributed by atoms with Crippen molar-refractivity contribution in [2.24, 2.45) is 0 Å². The van der Waals surface area contributed by atoms with E-state index in [1.807, 2.05) is 18.2 Å². The van der Waals surface area contributed by atoms with Crippen molar-refractivity contribution >= 4 is 17.5 Å². The third-order valence-corrected chi connectivity index (χ3v) is 5.08. The van der Waals surface area contributed by atoms with Gasteiger partial charge in [-0.3, -0.25) is 4.79 Å². The molecule has 1 fully saturated rings. The van der Waals surface area contributed by atoms with Crippen molar-refractivity contribution in [2.45, 2.75) is 43.6 Å². The predicted octanol–water partition coefficient (Wildman–Crippen LogP) is 3.21. The molecule has 20 heavy (non-hydrogen) atoms. The lowest BCUT2D eigenvalue weighted by Gasteiger charge is -2.29. The highest BCUT2D eigenvalue weighted by Gasteiger charge is 2.38. The van der Waals surface area contributed by atoms with Crippen molar-refractivity contribution in [2.75, 3.05) is 13.2 Å². The van der Waals surface area contributed by atoms with E-state index in [1.54, 1.807) is 0 Å². The first-order chi connectivity index (χ1) is 9.60. The van der Waals surface area contributed by atoms with Gasteiger partial charge in [0.1, 0.15) is 0 Å². The summed E-state index contributed by atoms with van der Waals surface area (Å²) in [6.45, 7) is 3.57. The fourth-order valence-electron chi connectivity index (χ4n) is 3.11. The van der Waals surface area contributed by atoms with E-state index in [2.05, 4.69) is 12.2 Å². The largest absolute Gasteiger partial charge is 0.373 e. The molecule has 0 bridgehead atoms. The number of nitrogens with one attached hydrogen (secondary N) is 1. The highest BCUT2D eigenvalue weighted by atomic mass is 35.5. The van der Waals surface area contributed by atoms with E-state index >= 15 is 0 Å². The highest BCUT2D eigenvalue weighted by Crippen LogP contribution is 2.42. The zero-order valence-corrected chi connectivity index (χ0v) is 12.5. The minimum atomic E-state index is -0.322. The Balaban J connectivity index is 1.93. The number of ether oxygens (including phenoxy) is 1. The Morgan fingerprint density at radius 2 is 2.25 bits per heavy atom. The summed E-state index contributed by atoms with van der Waals surface area (Å²) in [5.74, 6) is 0.0145. The second kappa shape index (κ2) is 5.38. The Morgan fingerprint density at radius 3 is 3.00 bits per heavy atom. The van der Waals surface area contributed by atoms with E-state index in [1.165, 1.54) is 0 Å². The van der Waals surface area contributed by atoms with Crippen LogP contribution in [-0.2, 0) is 11.2 Å². The molecule has 1 amide bonds. The molecular formula is C16H20ClNO2. The standard InChI is InChI=1S/C16H20ClNO2/c1-16(7-3-9-20-16)14(17)12-6-5-11-4-2-8-18-15(19)13(11)10-12/h5-6,10,14H,2-4,7-9H2,1H3,(H,18,19). The average molecular weight is 294 g/mol. The molecule has 2 aliphatic rings. The first kappa shape index (κ1) is 13.9. The van der Waals surface area contributed by atoms with Crippen molar-refractivity contribution < 1.29 is 9.53 Å². The molecule has 0 aromatic heterocycles. The second-order valence-electron chi connectivity index (χ2n) is 5.90. The van der Waals surface area contributed by atoms with Crippen LogP contribution < -0.4 is 5.32 Å². The smallest absolute Gasteiger partial charge is 0.251 e. The molecule has 2 heterocycles. The van der Waals surface area contributed by atoms with Crippen LogP contribution in [0.25, 0.3) is 0 Å². The number of hydrogen-bond donors (Lipinski definition) is 1. The molecule has 1 aromatic carbocycles. The van der Waals surface area contributed by atoms with Crippen molar-refractivity contribution in [1.29, 1.82) is 0 Å². The zero-order chi connectivity index (χ0) is 14.2. The fraction of sp³-hybridized carbons (Fsp3) is 0.562. The molecule has 1 aromatic rings. The van der Waals surface area contributed by atoms with Gasteiger partial charge >= 0.3 is 0 Å². The summed E-state index contributed by atoms with van der Waals surface area (Å²) in [5, 5.41) is 2.72. The highest BCUT2D eigenvalue weighted by molar-refractivity contribution is 6.21. The Hall–Kier alpha value is -1.06. The van der Waals surface area contributed by atoms with Gasteiger partial charge in [-0.05, 0) is 49.8 Å². The summed E-state index contributed by atoms with van der Waals surface area (Å²) in [6, 6.07) is 6.03. The van der Waals surface area contributed by atoms with E-state index in [0.29, 0.717) is 0 Å². The van der Waals surface area contributed by atoms with Crippen molar-refractivity contribution in [1.82, 2.24) is 5.32 Å². The molecule has 1 N–H and O–H groups in total. The van der Waals surface area contributed by atoms with Crippen molar-refractivity contribution in [3.63, 3.8) is 0 Å². The van der Waals surface area contributed by atoms with Crippen LogP contribution in [0.15, 0.2) is 18.2 Å². The number of carbonyl (C=O) groups is 1. The van der Waals surface area contributed by atoms with Crippen LogP contribution in [-0.4, -0.2) is 24.7 Å². The molecule has 2 aliphatic heterocycles. The van der Waals surface area contributed by atoms with Crippen LogP contribution in [0.2, 0.25) is 0 Å². The number of rotatable bonds is 2. The summed E-state index contributed by atoms with van der Waals surface area (Å²) in [4.78, 5) is 12.1. The molecule has 2 atom stereocenters. The molecule has 3 rings (SSSR count). The normalized spacial score (nSPS) is 27.6. The summed E-state index contributed by atoms with van der Waals surface area (Å²) in [7, 11) is 0. The van der Waals surface area contributed by atoms with Gasteiger partial charge in [-0.1, -0.05) is 12.1 Å². The van der Waals surface area contributed by atoms with Crippen LogP contribution >= 0.6 is 11.6 Å². The van der Waals surface area contributed by atoms with Gasteiger partial charge in [0.05, 0.1) is 11.0 Å². The minimum Gasteiger partial charge on any atom is -0.373 e. The summed E-state index contributed by atoms with van der Waals surface area (Å²) < 4.78 is 5.82. The van der Waals surface area contributed by atoms with E-state index in [-0.39, 0.29) is 16.9 Å². The van der Waals surface area contributed by atoms with E-state index < -0.39 is 0 Å². The van der Waals surface area contributed by atoms with Crippen LogP contribution in [0, 0.1) is 0 Å². The lowest BCUT2D eigenvalue weighted by molar-refractivity contribution is 0.0164. The number of fused-ring (bicyclic) bond motifs is 1. The van der Waals surface area contributed by atoms with Crippen LogP contribution in [0.4, 0.5) is 0 Å². The van der Waals surface area contributed by atoms with Gasteiger partial charge in [-0.2, -0.15) is 0 Å². The lowest BCUT2D eigenvalue weighted by atomic mass is 9.90. The molecule has 0 saturated carbocycles. The van der Waals surface area contributed by atoms with Crippen molar-refractivity contribution in [3.05, 3.63) is 34.9 Å². The molecule has 0 spiro atoms. The quantitative estimate of drug-likeness (QED) is 0.850. The van der Waals surface area contributed by atoms with Gasteiger partial charge in [0.15, 0.2) is 0 Å². The van der Waals surface area contributed by atoms with E-state index in [0.717, 1.165) is 55.5 Å². The van der Waals surface area contributed by atoms with E-state index in [4.69, 9.17) is 16.3 Å². The molecule has 0 aliphatic carbocycles. The number of aryl methyl sites for hydroxylation is 1. The number of alkyl halides is 1. The van der Waals surface area contributed by atoms with E-state index in [9.17, 15) is 4.79 Å². The summed E-state index contributed by atoms with van der Waals surface area (Å²) in [5.41, 5.74) is 2.54. The Morgan fingerprint density at radius 1 is 1.40 bits per heavy atom. The van der Waals surface area contributed by atoms with Gasteiger partial charge in [-0.25, -0.2) is 0 Å². The molecule has 3 nitrogen and oxygen atoms in total. The van der Waals surface area contributed by atoms with Crippen molar-refractivity contribution in [3.8, 4) is 0 Å². The van der Waals surface area contributed by atoms with Gasteiger partial charge in [0.25, 0.3) is 5.91 Å². The van der Waals surface area contributed by atoms with Crippen LogP contribution in [0.1, 0.15) is 53.0 Å². The predicted molar refractivity (Wildman–Crippen MR) is 79.3 cm³/mol. The van der Waals surface area contributed by atoms with Gasteiger partial charge in [-0.15, -0.1) is 11.6 Å². The minimum absolute atomic E-state index is 0.0145. The number of hydrogen-bond acceptors (Lipinski definition) is 2. The van der Waals surface area contributed by atoms with Crippen LogP contribution in [0.5, 0.6) is 0 Å². The van der Waals surface area contributed by atoms with Crippen LogP contribution in [0.3, 0.4) is 0 Å². The van der Waals surface area contributed by atoms with Gasteiger partial charge in [0, 0.05) is 18.7 Å². The lowest BCUT2D eigenvalue weighted by Crippen LogP contribution is -2.29. The molecule has 4 heteroatoms. The monoisotopic (exact) mass is 293 g/mol. The number of amides is 1. The number of halogens is 1. The maximum atomic E-state index is 12.1. The Kier molecular flexibility index (Phi) is 3.74. The first-order valence-corrected chi connectivity index (χ1v) is 7.73. The van der Waals surface area contributed by atoms with Gasteiger partial charge < -0.3 is 10.1 Å². The Labute approximate surface area is 124 Å². The topological polar surface area (TPSA) is 38.3 Å². The Bertz CT molecular complexity index is 523. The first-order valence-electron chi connectivity index (χ1n) is 7.29. The average Bonchev–Trinajstić information content (AvgIpc) is 2.82. The fourth-order valence-corrected chi connectivity index (χ4v) is 3.42. The summed E-state index contributed by atoms with van der Waals surface area (Å²) >= 11 is 6.63. The maximum absolute atomic E-state index is 12.1.